The second kappa shape index (κ2) is 5.76. The Morgan fingerprint density at radius 3 is 2.33 bits per heavy atom. The summed E-state index contributed by atoms with van der Waals surface area (Å²) in [7, 11) is 0. The lowest BCUT2D eigenvalue weighted by Gasteiger charge is -2.31. The summed E-state index contributed by atoms with van der Waals surface area (Å²) in [4.78, 5) is 25.2. The molecule has 0 aliphatic carbocycles. The molecule has 0 spiro atoms. The first kappa shape index (κ1) is 15.4. The summed E-state index contributed by atoms with van der Waals surface area (Å²) >= 11 is 0. The highest BCUT2D eigenvalue weighted by Crippen LogP contribution is 2.37. The Morgan fingerprint density at radius 2 is 1.81 bits per heavy atom. The molecule has 21 heavy (non-hydrogen) atoms. The lowest BCUT2D eigenvalue weighted by molar-refractivity contribution is -0.142. The van der Waals surface area contributed by atoms with E-state index in [2.05, 4.69) is 0 Å². The van der Waals surface area contributed by atoms with Gasteiger partial charge in [0.05, 0.1) is 6.04 Å². The Kier molecular flexibility index (Phi) is 4.21. The van der Waals surface area contributed by atoms with Crippen molar-refractivity contribution in [3.05, 3.63) is 35.9 Å². The third kappa shape index (κ3) is 3.54. The molecule has 114 valence electrons. The largest absolute Gasteiger partial charge is 0.480 e. The van der Waals surface area contributed by atoms with E-state index < -0.39 is 23.7 Å². The van der Waals surface area contributed by atoms with E-state index in [4.69, 9.17) is 4.74 Å². The number of nitrogens with zero attached hydrogens (tertiary/aromatic N) is 1. The summed E-state index contributed by atoms with van der Waals surface area (Å²) in [5.41, 5.74) is 0.288. The number of carboxylic acid groups (broad SMARTS) is 1. The molecule has 0 saturated carbocycles. The molecule has 0 bridgehead atoms. The number of aliphatic carboxylic acids is 1. The van der Waals surface area contributed by atoms with Crippen LogP contribution in [0.15, 0.2) is 30.3 Å². The smallest absolute Gasteiger partial charge is 0.411 e. The summed E-state index contributed by atoms with van der Waals surface area (Å²) in [5.74, 6) is -0.987. The summed E-state index contributed by atoms with van der Waals surface area (Å²) in [6.45, 7) is 5.32. The fourth-order valence-corrected chi connectivity index (χ4v) is 2.63. The number of hydrogen-bond donors (Lipinski definition) is 1. The van der Waals surface area contributed by atoms with Crippen LogP contribution < -0.4 is 0 Å². The van der Waals surface area contributed by atoms with Gasteiger partial charge in [-0.1, -0.05) is 30.3 Å². The standard InChI is InChI=1S/C16H21NO4/c1-16(2,3)21-15(20)17-12(9-10-13(17)14(18)19)11-7-5-4-6-8-11/h4-8,12-13H,9-10H2,1-3H3,(H,18,19)/t12-,13-/m1/s1. The minimum atomic E-state index is -0.987. The quantitative estimate of drug-likeness (QED) is 0.908. The normalized spacial score (nSPS) is 22.1. The highest BCUT2D eigenvalue weighted by atomic mass is 16.6. The highest BCUT2D eigenvalue weighted by Gasteiger charge is 2.43. The maximum atomic E-state index is 12.4. The molecule has 5 nitrogen and oxygen atoms in total. The summed E-state index contributed by atoms with van der Waals surface area (Å²) in [5, 5.41) is 9.35. The number of rotatable bonds is 2. The Morgan fingerprint density at radius 1 is 1.19 bits per heavy atom. The molecule has 2 rings (SSSR count). The van der Waals surface area contributed by atoms with Crippen molar-refractivity contribution < 1.29 is 19.4 Å². The van der Waals surface area contributed by atoms with Crippen LogP contribution in [-0.4, -0.2) is 33.7 Å². The zero-order valence-corrected chi connectivity index (χ0v) is 12.6. The van der Waals surface area contributed by atoms with Crippen LogP contribution >= 0.6 is 0 Å². The van der Waals surface area contributed by atoms with Gasteiger partial charge in [0.15, 0.2) is 0 Å². The first-order valence-electron chi connectivity index (χ1n) is 7.08. The zero-order chi connectivity index (χ0) is 15.6. The fourth-order valence-electron chi connectivity index (χ4n) is 2.63. The third-order valence-electron chi connectivity index (χ3n) is 3.46. The number of hydrogen-bond acceptors (Lipinski definition) is 3. The molecule has 0 unspecified atom stereocenters. The molecule has 1 heterocycles. The second-order valence-corrected chi connectivity index (χ2v) is 6.25. The number of carbonyl (C=O) groups is 2. The predicted molar refractivity (Wildman–Crippen MR) is 77.9 cm³/mol. The molecule has 2 atom stereocenters. The van der Waals surface area contributed by atoms with Gasteiger partial charge in [-0.2, -0.15) is 0 Å². The molecule has 5 heteroatoms. The SMILES string of the molecule is CC(C)(C)OC(=O)N1[C@@H](C(=O)O)CC[C@@H]1c1ccccc1. The van der Waals surface area contributed by atoms with Crippen molar-refractivity contribution >= 4 is 12.1 Å². The number of carboxylic acids is 1. The Bertz CT molecular complexity index is 521. The van der Waals surface area contributed by atoms with Gasteiger partial charge in [0.25, 0.3) is 0 Å². The molecular formula is C16H21NO4. The van der Waals surface area contributed by atoms with Crippen molar-refractivity contribution in [3.63, 3.8) is 0 Å². The molecule has 0 aromatic heterocycles. The Labute approximate surface area is 124 Å². The number of amides is 1. The summed E-state index contributed by atoms with van der Waals surface area (Å²) in [6, 6.07) is 8.41. The van der Waals surface area contributed by atoms with Crippen LogP contribution in [0.2, 0.25) is 0 Å². The van der Waals surface area contributed by atoms with Crippen molar-refractivity contribution in [3.8, 4) is 0 Å². The molecule has 1 aliphatic heterocycles. The van der Waals surface area contributed by atoms with Crippen LogP contribution in [0.5, 0.6) is 0 Å². The predicted octanol–water partition coefficient (Wildman–Crippen LogP) is 3.21. The third-order valence-corrected chi connectivity index (χ3v) is 3.46. The monoisotopic (exact) mass is 291 g/mol. The van der Waals surface area contributed by atoms with E-state index in [1.807, 2.05) is 30.3 Å². The van der Waals surface area contributed by atoms with Crippen molar-refractivity contribution in [2.45, 2.75) is 51.3 Å². The van der Waals surface area contributed by atoms with Crippen LogP contribution in [0.4, 0.5) is 4.79 Å². The minimum Gasteiger partial charge on any atom is -0.480 e. The van der Waals surface area contributed by atoms with E-state index in [1.165, 1.54) is 4.90 Å². The van der Waals surface area contributed by atoms with Gasteiger partial charge in [0, 0.05) is 0 Å². The molecule has 1 saturated heterocycles. The number of likely N-dealkylation sites (tertiary alicyclic amines) is 1. The van der Waals surface area contributed by atoms with Crippen LogP contribution in [0, 0.1) is 0 Å². The summed E-state index contributed by atoms with van der Waals surface area (Å²) in [6.07, 6.45) is 0.496. The molecule has 1 amide bonds. The lowest BCUT2D eigenvalue weighted by Crippen LogP contribution is -2.44. The van der Waals surface area contributed by atoms with Gasteiger partial charge in [-0.25, -0.2) is 9.59 Å². The van der Waals surface area contributed by atoms with Gasteiger partial charge in [0.2, 0.25) is 0 Å². The summed E-state index contributed by atoms with van der Waals surface area (Å²) < 4.78 is 5.38. The van der Waals surface area contributed by atoms with Crippen molar-refractivity contribution in [1.82, 2.24) is 4.90 Å². The number of benzene rings is 1. The first-order valence-corrected chi connectivity index (χ1v) is 7.08. The van der Waals surface area contributed by atoms with E-state index in [0.717, 1.165) is 5.56 Å². The van der Waals surface area contributed by atoms with Crippen LogP contribution in [0.3, 0.4) is 0 Å². The molecule has 1 aliphatic rings. The maximum absolute atomic E-state index is 12.4. The van der Waals surface area contributed by atoms with Gasteiger partial charge in [-0.05, 0) is 39.2 Å². The second-order valence-electron chi connectivity index (χ2n) is 6.25. The van der Waals surface area contributed by atoms with E-state index in [-0.39, 0.29) is 6.04 Å². The van der Waals surface area contributed by atoms with Crippen LogP contribution in [0.1, 0.15) is 45.2 Å². The van der Waals surface area contributed by atoms with E-state index >= 15 is 0 Å². The molecular weight excluding hydrogens is 270 g/mol. The van der Waals surface area contributed by atoms with Gasteiger partial charge < -0.3 is 9.84 Å². The number of carbonyl (C=O) groups excluding carboxylic acids is 1. The van der Waals surface area contributed by atoms with E-state index in [1.54, 1.807) is 20.8 Å². The fraction of sp³-hybridized carbons (Fsp3) is 0.500. The molecule has 1 aromatic carbocycles. The van der Waals surface area contributed by atoms with Crippen LogP contribution in [-0.2, 0) is 9.53 Å². The number of ether oxygens (including phenoxy) is 1. The van der Waals surface area contributed by atoms with Crippen molar-refractivity contribution in [2.24, 2.45) is 0 Å². The van der Waals surface area contributed by atoms with Crippen molar-refractivity contribution in [1.29, 1.82) is 0 Å². The van der Waals surface area contributed by atoms with Crippen molar-refractivity contribution in [2.75, 3.05) is 0 Å². The molecule has 1 N–H and O–H groups in total. The Balaban J connectivity index is 2.29. The van der Waals surface area contributed by atoms with E-state index in [9.17, 15) is 14.7 Å². The highest BCUT2D eigenvalue weighted by molar-refractivity contribution is 5.81. The molecule has 1 aromatic rings. The van der Waals surface area contributed by atoms with Gasteiger partial charge >= 0.3 is 12.1 Å². The maximum Gasteiger partial charge on any atom is 0.411 e. The average molecular weight is 291 g/mol. The Hall–Kier alpha value is -2.04. The average Bonchev–Trinajstić information content (AvgIpc) is 2.82. The van der Waals surface area contributed by atoms with Gasteiger partial charge in [-0.3, -0.25) is 4.90 Å². The molecule has 0 radical (unpaired) electrons. The first-order chi connectivity index (χ1) is 9.79. The molecule has 1 fully saturated rings. The van der Waals surface area contributed by atoms with E-state index in [0.29, 0.717) is 12.8 Å². The topological polar surface area (TPSA) is 66.8 Å². The zero-order valence-electron chi connectivity index (χ0n) is 12.6. The minimum absolute atomic E-state index is 0.248. The lowest BCUT2D eigenvalue weighted by atomic mass is 10.1. The van der Waals surface area contributed by atoms with Crippen LogP contribution in [0.25, 0.3) is 0 Å². The van der Waals surface area contributed by atoms with Gasteiger partial charge in [0.1, 0.15) is 11.6 Å². The van der Waals surface area contributed by atoms with Gasteiger partial charge in [-0.15, -0.1) is 0 Å².